The second-order valence-corrected chi connectivity index (χ2v) is 9.19. The van der Waals surface area contributed by atoms with Crippen LogP contribution in [0.15, 0.2) is 72.9 Å². The normalized spacial score (nSPS) is 11.6. The van der Waals surface area contributed by atoms with Gasteiger partial charge in [0.1, 0.15) is 0 Å². The van der Waals surface area contributed by atoms with Gasteiger partial charge in [-0.15, -0.1) is 0 Å². The van der Waals surface area contributed by atoms with Gasteiger partial charge in [-0.3, -0.25) is 9.78 Å². The van der Waals surface area contributed by atoms with E-state index in [4.69, 9.17) is 10.7 Å². The van der Waals surface area contributed by atoms with Gasteiger partial charge in [-0.25, -0.2) is 4.98 Å². The molecule has 162 valence electrons. The van der Waals surface area contributed by atoms with E-state index in [-0.39, 0.29) is 11.2 Å². The number of para-hydroxylation sites is 2. The Labute approximate surface area is 189 Å². The molecule has 0 unspecified atom stereocenters. The predicted molar refractivity (Wildman–Crippen MR) is 132 cm³/mol. The van der Waals surface area contributed by atoms with Crippen LogP contribution < -0.4 is 5.73 Å². The van der Waals surface area contributed by atoms with E-state index in [1.54, 1.807) is 6.20 Å². The highest BCUT2D eigenvalue weighted by Gasteiger charge is 2.15. The van der Waals surface area contributed by atoms with E-state index in [2.05, 4.69) is 56.1 Å². The van der Waals surface area contributed by atoms with E-state index >= 15 is 0 Å². The van der Waals surface area contributed by atoms with Crippen molar-refractivity contribution in [1.29, 1.82) is 0 Å². The van der Waals surface area contributed by atoms with Gasteiger partial charge in [0.05, 0.1) is 22.9 Å². The topological polar surface area (TPSA) is 68.9 Å². The first-order chi connectivity index (χ1) is 15.3. The summed E-state index contributed by atoms with van der Waals surface area (Å²) >= 11 is 0. The third-order valence-corrected chi connectivity index (χ3v) is 5.69. The first kappa shape index (κ1) is 21.8. The fourth-order valence-electron chi connectivity index (χ4n) is 3.77. The maximum Gasteiger partial charge on any atom is 0.162 e. The van der Waals surface area contributed by atoms with Crippen molar-refractivity contribution < 1.29 is 4.79 Å². The summed E-state index contributed by atoms with van der Waals surface area (Å²) in [5, 5.41) is 0. The highest BCUT2D eigenvalue weighted by atomic mass is 16.1. The molecular formula is C28H29N3O. The molecule has 0 aliphatic carbocycles. The van der Waals surface area contributed by atoms with Crippen LogP contribution in [0.1, 0.15) is 49.5 Å². The lowest BCUT2D eigenvalue weighted by atomic mass is 9.86. The van der Waals surface area contributed by atoms with Crippen LogP contribution in [0.2, 0.25) is 0 Å². The summed E-state index contributed by atoms with van der Waals surface area (Å²) in [5.41, 5.74) is 13.1. The molecule has 4 rings (SSSR count). The summed E-state index contributed by atoms with van der Waals surface area (Å²) in [6.45, 7) is 7.11. The van der Waals surface area contributed by atoms with Gasteiger partial charge in [-0.2, -0.15) is 0 Å². The fraction of sp³-hybridized carbons (Fsp3) is 0.250. The SMILES string of the molecule is CC(C)(C)c1ccc(-c2cc(C(=O)CCCN)cc(-c3cnc4ccccc4n3)c2)cc1. The zero-order valence-corrected chi connectivity index (χ0v) is 18.9. The van der Waals surface area contributed by atoms with Crippen LogP contribution in [-0.2, 0) is 5.41 Å². The molecule has 0 spiro atoms. The molecule has 1 aromatic heterocycles. The van der Waals surface area contributed by atoms with Gasteiger partial charge in [-0.05, 0) is 65.4 Å². The quantitative estimate of drug-likeness (QED) is 0.376. The van der Waals surface area contributed by atoms with Crippen LogP contribution in [0.3, 0.4) is 0 Å². The molecular weight excluding hydrogens is 394 g/mol. The lowest BCUT2D eigenvalue weighted by Gasteiger charge is -2.19. The number of hydrogen-bond donors (Lipinski definition) is 1. The molecule has 0 radical (unpaired) electrons. The first-order valence-electron chi connectivity index (χ1n) is 11.1. The lowest BCUT2D eigenvalue weighted by Crippen LogP contribution is -2.10. The zero-order valence-electron chi connectivity index (χ0n) is 18.9. The molecule has 0 saturated carbocycles. The number of fused-ring (bicyclic) bond motifs is 1. The van der Waals surface area contributed by atoms with Crippen LogP contribution in [0.4, 0.5) is 0 Å². The van der Waals surface area contributed by atoms with Crippen molar-refractivity contribution in [2.24, 2.45) is 5.73 Å². The molecule has 0 fully saturated rings. The maximum absolute atomic E-state index is 12.9. The number of rotatable bonds is 6. The number of nitrogens with zero attached hydrogens (tertiary/aromatic N) is 2. The molecule has 4 heteroatoms. The Bertz CT molecular complexity index is 1250. The summed E-state index contributed by atoms with van der Waals surface area (Å²) in [4.78, 5) is 22.2. The monoisotopic (exact) mass is 423 g/mol. The Balaban J connectivity index is 1.81. The average molecular weight is 424 g/mol. The smallest absolute Gasteiger partial charge is 0.162 e. The van der Waals surface area contributed by atoms with Gasteiger partial charge in [0.2, 0.25) is 0 Å². The van der Waals surface area contributed by atoms with Crippen LogP contribution in [0, 0.1) is 0 Å². The largest absolute Gasteiger partial charge is 0.330 e. The van der Waals surface area contributed by atoms with Gasteiger partial charge in [0.15, 0.2) is 5.78 Å². The van der Waals surface area contributed by atoms with Crippen LogP contribution in [0.5, 0.6) is 0 Å². The predicted octanol–water partition coefficient (Wildman–Crippen LogP) is 6.18. The molecule has 3 aromatic carbocycles. The minimum absolute atomic E-state index is 0.0877. The van der Waals surface area contributed by atoms with E-state index in [9.17, 15) is 4.79 Å². The van der Waals surface area contributed by atoms with Gasteiger partial charge in [-0.1, -0.05) is 57.2 Å². The number of Topliss-reactive ketones (excluding diaryl/α,β-unsaturated/α-hetero) is 1. The Morgan fingerprint density at radius 2 is 1.56 bits per heavy atom. The van der Waals surface area contributed by atoms with Crippen molar-refractivity contribution in [3.8, 4) is 22.4 Å². The number of aromatic nitrogens is 2. The molecule has 0 bridgehead atoms. The van der Waals surface area contributed by atoms with Crippen molar-refractivity contribution in [1.82, 2.24) is 9.97 Å². The number of carbonyl (C=O) groups is 1. The summed E-state index contributed by atoms with van der Waals surface area (Å²) in [5.74, 6) is 0.0959. The van der Waals surface area contributed by atoms with E-state index in [0.717, 1.165) is 33.4 Å². The molecule has 2 N–H and O–H groups in total. The summed E-state index contributed by atoms with van der Waals surface area (Å²) in [6, 6.07) is 22.4. The third-order valence-electron chi connectivity index (χ3n) is 5.69. The van der Waals surface area contributed by atoms with Crippen molar-refractivity contribution in [2.45, 2.75) is 39.0 Å². The van der Waals surface area contributed by atoms with Gasteiger partial charge < -0.3 is 5.73 Å². The zero-order chi connectivity index (χ0) is 22.7. The molecule has 0 atom stereocenters. The second-order valence-electron chi connectivity index (χ2n) is 9.19. The molecule has 0 amide bonds. The van der Waals surface area contributed by atoms with E-state index < -0.39 is 0 Å². The first-order valence-corrected chi connectivity index (χ1v) is 11.1. The highest BCUT2D eigenvalue weighted by molar-refractivity contribution is 5.98. The van der Waals surface area contributed by atoms with Gasteiger partial charge >= 0.3 is 0 Å². The molecule has 0 aliphatic heterocycles. The molecule has 4 nitrogen and oxygen atoms in total. The van der Waals surface area contributed by atoms with Crippen LogP contribution in [0.25, 0.3) is 33.4 Å². The highest BCUT2D eigenvalue weighted by Crippen LogP contribution is 2.31. The van der Waals surface area contributed by atoms with E-state index in [0.29, 0.717) is 24.9 Å². The fourth-order valence-corrected chi connectivity index (χ4v) is 3.77. The Kier molecular flexibility index (Phi) is 6.15. The molecule has 4 aromatic rings. The van der Waals surface area contributed by atoms with Crippen LogP contribution in [-0.4, -0.2) is 22.3 Å². The molecule has 32 heavy (non-hydrogen) atoms. The number of hydrogen-bond acceptors (Lipinski definition) is 4. The number of benzene rings is 3. The van der Waals surface area contributed by atoms with E-state index in [1.807, 2.05) is 36.4 Å². The molecule has 1 heterocycles. The standard InChI is InChI=1S/C28H29N3O/c1-28(2,3)23-12-10-19(11-13-23)20-15-21(17-22(16-20)27(32)9-6-14-29)26-18-30-24-7-4-5-8-25(24)31-26/h4-5,7-8,10-13,15-18H,6,9,14,29H2,1-3H3. The molecule has 0 saturated heterocycles. The summed E-state index contributed by atoms with van der Waals surface area (Å²) in [6.07, 6.45) is 2.89. The Morgan fingerprint density at radius 3 is 2.25 bits per heavy atom. The van der Waals surface area contributed by atoms with Gasteiger partial charge in [0.25, 0.3) is 0 Å². The summed E-state index contributed by atoms with van der Waals surface area (Å²) in [7, 11) is 0. The van der Waals surface area contributed by atoms with Gasteiger partial charge in [0, 0.05) is 17.5 Å². The average Bonchev–Trinajstić information content (AvgIpc) is 2.81. The Hall–Kier alpha value is -3.37. The van der Waals surface area contributed by atoms with Crippen molar-refractivity contribution in [3.05, 3.63) is 84.1 Å². The minimum Gasteiger partial charge on any atom is -0.330 e. The van der Waals surface area contributed by atoms with Crippen molar-refractivity contribution in [2.75, 3.05) is 6.54 Å². The summed E-state index contributed by atoms with van der Waals surface area (Å²) < 4.78 is 0. The minimum atomic E-state index is 0.0877. The maximum atomic E-state index is 12.9. The van der Waals surface area contributed by atoms with Crippen molar-refractivity contribution >= 4 is 16.8 Å². The Morgan fingerprint density at radius 1 is 0.875 bits per heavy atom. The number of nitrogens with two attached hydrogens (primary N) is 1. The number of ketones is 1. The number of carbonyl (C=O) groups excluding carboxylic acids is 1. The third kappa shape index (κ3) is 4.76. The van der Waals surface area contributed by atoms with E-state index in [1.165, 1.54) is 5.56 Å². The van der Waals surface area contributed by atoms with Crippen molar-refractivity contribution in [3.63, 3.8) is 0 Å². The van der Waals surface area contributed by atoms with Crippen LogP contribution >= 0.6 is 0 Å². The second kappa shape index (κ2) is 9.01. The lowest BCUT2D eigenvalue weighted by molar-refractivity contribution is 0.0981. The molecule has 0 aliphatic rings.